The van der Waals surface area contributed by atoms with Gasteiger partial charge in [-0.2, -0.15) is 0 Å². The van der Waals surface area contributed by atoms with Crippen LogP contribution in [-0.4, -0.2) is 48.3 Å². The number of methoxy groups -OCH3 is 1. The topological polar surface area (TPSA) is 88.1 Å². The molecule has 1 aromatic rings. The molecule has 1 heterocycles. The molecule has 1 atom stereocenters. The second-order valence-electron chi connectivity index (χ2n) is 8.09. The molecule has 2 amide bonds. The minimum Gasteiger partial charge on any atom is -0.504 e. The lowest BCUT2D eigenvalue weighted by Gasteiger charge is -2.29. The zero-order valence-corrected chi connectivity index (χ0v) is 17.4. The van der Waals surface area contributed by atoms with E-state index < -0.39 is 0 Å². The third-order valence-corrected chi connectivity index (χ3v) is 6.17. The van der Waals surface area contributed by atoms with Gasteiger partial charge in [0.1, 0.15) is 6.10 Å². The van der Waals surface area contributed by atoms with Crippen LogP contribution in [-0.2, 0) is 16.1 Å². The Bertz CT molecular complexity index is 715. The normalized spacial score (nSPS) is 24.2. The van der Waals surface area contributed by atoms with Crippen molar-refractivity contribution in [1.82, 2.24) is 10.2 Å². The summed E-state index contributed by atoms with van der Waals surface area (Å²) >= 11 is 0. The van der Waals surface area contributed by atoms with Crippen LogP contribution in [0.2, 0.25) is 0 Å². The van der Waals surface area contributed by atoms with Crippen LogP contribution in [0.25, 0.3) is 0 Å². The van der Waals surface area contributed by atoms with E-state index >= 15 is 0 Å². The molecule has 0 spiro atoms. The first-order chi connectivity index (χ1) is 14.0. The Morgan fingerprint density at radius 3 is 2.66 bits per heavy atom. The molecule has 29 heavy (non-hydrogen) atoms. The fourth-order valence-electron chi connectivity index (χ4n) is 4.18. The van der Waals surface area contributed by atoms with Gasteiger partial charge in [0.05, 0.1) is 13.0 Å². The van der Waals surface area contributed by atoms with Crippen LogP contribution in [0.4, 0.5) is 4.79 Å². The van der Waals surface area contributed by atoms with Gasteiger partial charge in [0.15, 0.2) is 11.5 Å². The second kappa shape index (κ2) is 9.85. The van der Waals surface area contributed by atoms with Crippen molar-refractivity contribution in [3.05, 3.63) is 23.8 Å². The van der Waals surface area contributed by atoms with Gasteiger partial charge in [0.25, 0.3) is 0 Å². The van der Waals surface area contributed by atoms with Crippen molar-refractivity contribution in [3.8, 4) is 11.5 Å². The zero-order chi connectivity index (χ0) is 20.8. The number of carbonyl (C=O) groups excluding carboxylic acids is 2. The molecule has 1 saturated carbocycles. The third-order valence-electron chi connectivity index (χ3n) is 6.17. The van der Waals surface area contributed by atoms with Gasteiger partial charge in [-0.1, -0.05) is 19.4 Å². The van der Waals surface area contributed by atoms with E-state index in [2.05, 4.69) is 12.2 Å². The monoisotopic (exact) mass is 404 g/mol. The largest absolute Gasteiger partial charge is 0.504 e. The SMILES string of the molecule is CCC1CCC(OC(=O)N2CC[C@@H](C(=O)NCc3ccc(O)c(OC)c3)C2)CC1. The molecule has 7 nitrogen and oxygen atoms in total. The molecule has 7 heteroatoms. The van der Waals surface area contributed by atoms with Gasteiger partial charge >= 0.3 is 6.09 Å². The van der Waals surface area contributed by atoms with Gasteiger partial charge < -0.3 is 24.8 Å². The van der Waals surface area contributed by atoms with Gasteiger partial charge in [0.2, 0.25) is 5.91 Å². The van der Waals surface area contributed by atoms with E-state index in [1.165, 1.54) is 13.5 Å². The molecule has 1 saturated heterocycles. The Hall–Kier alpha value is -2.44. The van der Waals surface area contributed by atoms with Crippen molar-refractivity contribution < 1.29 is 24.2 Å². The van der Waals surface area contributed by atoms with Gasteiger partial charge in [-0.3, -0.25) is 4.79 Å². The highest BCUT2D eigenvalue weighted by molar-refractivity contribution is 5.80. The first kappa shape index (κ1) is 21.3. The summed E-state index contributed by atoms with van der Waals surface area (Å²) in [4.78, 5) is 26.6. The molecule has 0 aromatic heterocycles. The van der Waals surface area contributed by atoms with Crippen molar-refractivity contribution in [2.24, 2.45) is 11.8 Å². The summed E-state index contributed by atoms with van der Waals surface area (Å²) in [6.45, 7) is 3.50. The lowest BCUT2D eigenvalue weighted by atomic mass is 9.86. The van der Waals surface area contributed by atoms with Crippen molar-refractivity contribution in [2.45, 2.75) is 58.1 Å². The number of phenolic OH excluding ortho intramolecular Hbond substituents is 1. The number of aromatic hydroxyl groups is 1. The molecule has 1 aromatic carbocycles. The molecular weight excluding hydrogens is 372 g/mol. The van der Waals surface area contributed by atoms with E-state index in [9.17, 15) is 14.7 Å². The van der Waals surface area contributed by atoms with Crippen LogP contribution in [0.15, 0.2) is 18.2 Å². The number of likely N-dealkylation sites (tertiary alicyclic amines) is 1. The van der Waals surface area contributed by atoms with E-state index in [0.717, 1.165) is 37.2 Å². The van der Waals surface area contributed by atoms with Crippen LogP contribution < -0.4 is 10.1 Å². The Morgan fingerprint density at radius 2 is 1.97 bits per heavy atom. The highest BCUT2D eigenvalue weighted by Crippen LogP contribution is 2.29. The van der Waals surface area contributed by atoms with Crippen molar-refractivity contribution in [2.75, 3.05) is 20.2 Å². The highest BCUT2D eigenvalue weighted by atomic mass is 16.6. The Morgan fingerprint density at radius 1 is 1.21 bits per heavy atom. The molecular formula is C22H32N2O5. The number of hydrogen-bond donors (Lipinski definition) is 2. The van der Waals surface area contributed by atoms with Crippen LogP contribution >= 0.6 is 0 Å². The van der Waals surface area contributed by atoms with Gasteiger partial charge in [0, 0.05) is 19.6 Å². The van der Waals surface area contributed by atoms with E-state index in [4.69, 9.17) is 9.47 Å². The summed E-state index contributed by atoms with van der Waals surface area (Å²) in [7, 11) is 1.49. The predicted octanol–water partition coefficient (Wildman–Crippen LogP) is 3.44. The number of ether oxygens (including phenoxy) is 2. The maximum atomic E-state index is 12.5. The quantitative estimate of drug-likeness (QED) is 0.758. The molecule has 0 bridgehead atoms. The Labute approximate surface area is 172 Å². The van der Waals surface area contributed by atoms with Crippen molar-refractivity contribution >= 4 is 12.0 Å². The number of hydrogen-bond acceptors (Lipinski definition) is 5. The third kappa shape index (κ3) is 5.55. The second-order valence-corrected chi connectivity index (χ2v) is 8.09. The predicted molar refractivity (Wildman–Crippen MR) is 109 cm³/mol. The zero-order valence-electron chi connectivity index (χ0n) is 17.4. The summed E-state index contributed by atoms with van der Waals surface area (Å²) in [5, 5.41) is 12.6. The Kier molecular flexibility index (Phi) is 7.23. The molecule has 3 rings (SSSR count). The van der Waals surface area contributed by atoms with Crippen LogP contribution in [0.5, 0.6) is 11.5 Å². The maximum Gasteiger partial charge on any atom is 0.410 e. The van der Waals surface area contributed by atoms with E-state index in [1.54, 1.807) is 23.1 Å². The lowest BCUT2D eigenvalue weighted by molar-refractivity contribution is -0.124. The number of amides is 2. The maximum absolute atomic E-state index is 12.5. The molecule has 2 aliphatic rings. The number of nitrogens with one attached hydrogen (secondary N) is 1. The van der Waals surface area contributed by atoms with Crippen molar-refractivity contribution in [1.29, 1.82) is 0 Å². The lowest BCUT2D eigenvalue weighted by Crippen LogP contribution is -2.36. The molecule has 2 N–H and O–H groups in total. The number of phenols is 1. The van der Waals surface area contributed by atoms with Crippen LogP contribution in [0, 0.1) is 11.8 Å². The number of benzene rings is 1. The standard InChI is InChI=1S/C22H32N2O5/c1-3-15-4-7-18(8-5-15)29-22(27)24-11-10-17(14-24)21(26)23-13-16-6-9-19(25)20(12-16)28-2/h6,9,12,15,17-18,25H,3-5,7-8,10-11,13-14H2,1-2H3,(H,23,26)/t15?,17-,18?/m1/s1. The minimum atomic E-state index is -0.288. The van der Waals surface area contributed by atoms with Gasteiger partial charge in [-0.25, -0.2) is 4.79 Å². The van der Waals surface area contributed by atoms with Crippen molar-refractivity contribution in [3.63, 3.8) is 0 Å². The van der Waals surface area contributed by atoms with E-state index in [-0.39, 0.29) is 29.8 Å². The summed E-state index contributed by atoms with van der Waals surface area (Å²) < 4.78 is 10.8. The summed E-state index contributed by atoms with van der Waals surface area (Å²) in [6, 6.07) is 4.98. The molecule has 2 fully saturated rings. The number of carbonyl (C=O) groups is 2. The van der Waals surface area contributed by atoms with Crippen LogP contribution in [0.1, 0.15) is 51.0 Å². The number of nitrogens with zero attached hydrogens (tertiary/aromatic N) is 1. The molecule has 1 aliphatic carbocycles. The summed E-state index contributed by atoms with van der Waals surface area (Å²) in [6.07, 6.45) is 5.70. The van der Waals surface area contributed by atoms with Gasteiger partial charge in [-0.05, 0) is 55.7 Å². The highest BCUT2D eigenvalue weighted by Gasteiger charge is 2.33. The van der Waals surface area contributed by atoms with E-state index in [0.29, 0.717) is 31.8 Å². The average molecular weight is 405 g/mol. The first-order valence-electron chi connectivity index (χ1n) is 10.6. The summed E-state index contributed by atoms with van der Waals surface area (Å²) in [5.41, 5.74) is 0.838. The molecule has 0 unspecified atom stereocenters. The van der Waals surface area contributed by atoms with Gasteiger partial charge in [-0.15, -0.1) is 0 Å². The fourth-order valence-corrected chi connectivity index (χ4v) is 4.18. The van der Waals surface area contributed by atoms with Crippen LogP contribution in [0.3, 0.4) is 0 Å². The molecule has 1 aliphatic heterocycles. The molecule has 160 valence electrons. The fraction of sp³-hybridized carbons (Fsp3) is 0.636. The minimum absolute atomic E-state index is 0.0163. The number of rotatable bonds is 6. The smallest absolute Gasteiger partial charge is 0.410 e. The summed E-state index contributed by atoms with van der Waals surface area (Å²) in [5.74, 6) is 0.904. The van der Waals surface area contributed by atoms with E-state index in [1.807, 2.05) is 0 Å². The average Bonchev–Trinajstić information content (AvgIpc) is 3.24. The Balaban J connectivity index is 1.42. The first-order valence-corrected chi connectivity index (χ1v) is 10.6. The molecule has 0 radical (unpaired) electrons.